The molecule has 0 radical (unpaired) electrons. The molecule has 0 atom stereocenters. The molecular formula is C17H22N2O5. The van der Waals surface area contributed by atoms with Gasteiger partial charge in [0.25, 0.3) is 5.91 Å². The Bertz CT molecular complexity index is 627. The molecule has 1 N–H and O–H groups in total. The van der Waals surface area contributed by atoms with Gasteiger partial charge in [-0.15, -0.1) is 6.58 Å². The molecule has 0 aliphatic heterocycles. The van der Waals surface area contributed by atoms with Crippen LogP contribution in [0.5, 0.6) is 0 Å². The van der Waals surface area contributed by atoms with Crippen LogP contribution in [-0.4, -0.2) is 44.7 Å². The van der Waals surface area contributed by atoms with E-state index in [-0.39, 0.29) is 37.2 Å². The van der Waals surface area contributed by atoms with Crippen LogP contribution in [0.15, 0.2) is 30.9 Å². The van der Waals surface area contributed by atoms with Crippen molar-refractivity contribution < 1.29 is 23.9 Å². The monoisotopic (exact) mass is 334 g/mol. The van der Waals surface area contributed by atoms with Crippen LogP contribution in [0.2, 0.25) is 0 Å². The van der Waals surface area contributed by atoms with Crippen molar-refractivity contribution in [2.45, 2.75) is 13.8 Å². The van der Waals surface area contributed by atoms with Gasteiger partial charge in [0, 0.05) is 19.7 Å². The van der Waals surface area contributed by atoms with Gasteiger partial charge < -0.3 is 19.7 Å². The molecule has 0 fully saturated rings. The lowest BCUT2D eigenvalue weighted by molar-refractivity contribution is -0.122. The predicted octanol–water partition coefficient (Wildman–Crippen LogP) is 1.99. The molecule has 0 aliphatic carbocycles. The second kappa shape index (κ2) is 9.46. The molecule has 7 heteroatoms. The number of nitrogens with one attached hydrogen (secondary N) is 1. The quantitative estimate of drug-likeness (QED) is 0.446. The number of carbonyl (C=O) groups excluding carboxylic acids is 3. The molecule has 1 rings (SSSR count). The largest absolute Gasteiger partial charge is 0.462 e. The van der Waals surface area contributed by atoms with Gasteiger partial charge in [0.2, 0.25) is 5.91 Å². The number of benzene rings is 1. The van der Waals surface area contributed by atoms with Crippen molar-refractivity contribution in [2.75, 3.05) is 37.1 Å². The first-order valence-electron chi connectivity index (χ1n) is 7.44. The molecule has 0 spiro atoms. The highest BCUT2D eigenvalue weighted by Gasteiger charge is 2.20. The second-order valence-electron chi connectivity index (χ2n) is 4.89. The Hall–Kier alpha value is -2.67. The molecule has 130 valence electrons. The summed E-state index contributed by atoms with van der Waals surface area (Å²) >= 11 is 0. The van der Waals surface area contributed by atoms with Crippen molar-refractivity contribution in [2.24, 2.45) is 0 Å². The zero-order valence-corrected chi connectivity index (χ0v) is 14.1. The van der Waals surface area contributed by atoms with Gasteiger partial charge >= 0.3 is 5.97 Å². The van der Waals surface area contributed by atoms with Gasteiger partial charge in [-0.1, -0.05) is 6.08 Å². The molecule has 1 aromatic rings. The summed E-state index contributed by atoms with van der Waals surface area (Å²) in [5.41, 5.74) is 1.02. The van der Waals surface area contributed by atoms with Crippen LogP contribution in [0.1, 0.15) is 24.2 Å². The molecule has 0 bridgehead atoms. The van der Waals surface area contributed by atoms with Crippen molar-refractivity contribution >= 4 is 29.2 Å². The maximum Gasteiger partial charge on any atom is 0.340 e. The number of amides is 2. The first-order chi connectivity index (χ1) is 11.4. The number of hydrogen-bond acceptors (Lipinski definition) is 5. The number of ether oxygens (including phenoxy) is 2. The minimum Gasteiger partial charge on any atom is -0.462 e. The molecule has 0 heterocycles. The van der Waals surface area contributed by atoms with E-state index in [1.54, 1.807) is 19.1 Å². The maximum atomic E-state index is 12.2. The van der Waals surface area contributed by atoms with E-state index in [1.165, 1.54) is 31.0 Å². The fourth-order valence-corrected chi connectivity index (χ4v) is 1.93. The van der Waals surface area contributed by atoms with Crippen LogP contribution in [0.25, 0.3) is 0 Å². The van der Waals surface area contributed by atoms with Gasteiger partial charge in [-0.25, -0.2) is 4.79 Å². The van der Waals surface area contributed by atoms with Crippen LogP contribution < -0.4 is 10.2 Å². The number of carbonyl (C=O) groups is 3. The summed E-state index contributed by atoms with van der Waals surface area (Å²) in [6, 6.07) is 4.62. The summed E-state index contributed by atoms with van der Waals surface area (Å²) in [5, 5.41) is 2.62. The number of hydrogen-bond donors (Lipinski definition) is 1. The van der Waals surface area contributed by atoms with E-state index >= 15 is 0 Å². The Balaban J connectivity index is 3.13. The van der Waals surface area contributed by atoms with Crippen molar-refractivity contribution in [1.29, 1.82) is 0 Å². The molecular weight excluding hydrogens is 312 g/mol. The lowest BCUT2D eigenvalue weighted by atomic mass is 10.1. The molecule has 0 saturated carbocycles. The van der Waals surface area contributed by atoms with Gasteiger partial charge in [-0.2, -0.15) is 0 Å². The number of nitrogens with zero attached hydrogens (tertiary/aromatic N) is 1. The first-order valence-corrected chi connectivity index (χ1v) is 7.44. The van der Waals surface area contributed by atoms with E-state index in [0.29, 0.717) is 11.4 Å². The molecule has 0 saturated heterocycles. The van der Waals surface area contributed by atoms with E-state index in [9.17, 15) is 14.4 Å². The lowest BCUT2D eigenvalue weighted by Crippen LogP contribution is -2.31. The third-order valence-corrected chi connectivity index (χ3v) is 3.01. The zero-order valence-electron chi connectivity index (χ0n) is 14.1. The van der Waals surface area contributed by atoms with Crippen LogP contribution in [0, 0.1) is 0 Å². The molecule has 0 aromatic heterocycles. The highest BCUT2D eigenvalue weighted by Crippen LogP contribution is 2.25. The minimum absolute atomic E-state index is 0.158. The molecule has 1 aromatic carbocycles. The standard InChI is InChI=1S/C17H22N2O5/c1-5-9-23-11-16(21)19(4)15-10-13(18-12(3)20)7-8-14(15)17(22)24-6-2/h5,7-8,10H,1,6,9,11H2,2-4H3,(H,18,20). The van der Waals surface area contributed by atoms with Crippen molar-refractivity contribution in [3.05, 3.63) is 36.4 Å². The molecule has 7 nitrogen and oxygen atoms in total. The molecule has 24 heavy (non-hydrogen) atoms. The van der Waals surface area contributed by atoms with Crippen molar-refractivity contribution in [1.82, 2.24) is 0 Å². The van der Waals surface area contributed by atoms with E-state index in [4.69, 9.17) is 9.47 Å². The van der Waals surface area contributed by atoms with E-state index in [2.05, 4.69) is 11.9 Å². The van der Waals surface area contributed by atoms with Crippen LogP contribution in [0.3, 0.4) is 0 Å². The summed E-state index contributed by atoms with van der Waals surface area (Å²) < 4.78 is 10.1. The van der Waals surface area contributed by atoms with Crippen LogP contribution in [0.4, 0.5) is 11.4 Å². The van der Waals surface area contributed by atoms with Gasteiger partial charge in [-0.05, 0) is 25.1 Å². The van der Waals surface area contributed by atoms with Gasteiger partial charge in [0.15, 0.2) is 0 Å². The number of rotatable bonds is 8. The Morgan fingerprint density at radius 3 is 2.62 bits per heavy atom. The number of anilines is 2. The topological polar surface area (TPSA) is 84.9 Å². The fraction of sp³-hybridized carbons (Fsp3) is 0.353. The summed E-state index contributed by atoms with van der Waals surface area (Å²) in [4.78, 5) is 36.8. The average Bonchev–Trinajstić information content (AvgIpc) is 2.53. The summed E-state index contributed by atoms with van der Waals surface area (Å²) in [7, 11) is 1.52. The minimum atomic E-state index is -0.548. The zero-order chi connectivity index (χ0) is 18.1. The Morgan fingerprint density at radius 1 is 1.33 bits per heavy atom. The van der Waals surface area contributed by atoms with Gasteiger partial charge in [0.05, 0.1) is 24.5 Å². The first kappa shape index (κ1) is 19.4. The van der Waals surface area contributed by atoms with Gasteiger partial charge in [0.1, 0.15) is 6.61 Å². The SMILES string of the molecule is C=CCOCC(=O)N(C)c1cc(NC(C)=O)ccc1C(=O)OCC. The Labute approximate surface area is 141 Å². The molecule has 0 aliphatic rings. The van der Waals surface area contributed by atoms with E-state index in [1.807, 2.05) is 0 Å². The summed E-state index contributed by atoms with van der Waals surface area (Å²) in [5.74, 6) is -1.15. The summed E-state index contributed by atoms with van der Waals surface area (Å²) in [6.45, 7) is 6.88. The van der Waals surface area contributed by atoms with Crippen molar-refractivity contribution in [3.63, 3.8) is 0 Å². The average molecular weight is 334 g/mol. The molecule has 2 amide bonds. The molecule has 0 unspecified atom stereocenters. The Morgan fingerprint density at radius 2 is 2.04 bits per heavy atom. The van der Waals surface area contributed by atoms with E-state index in [0.717, 1.165) is 0 Å². The fourth-order valence-electron chi connectivity index (χ4n) is 1.93. The van der Waals surface area contributed by atoms with E-state index < -0.39 is 5.97 Å². The van der Waals surface area contributed by atoms with Crippen LogP contribution >= 0.6 is 0 Å². The third kappa shape index (κ3) is 5.51. The van der Waals surface area contributed by atoms with Gasteiger partial charge in [-0.3, -0.25) is 9.59 Å². The smallest absolute Gasteiger partial charge is 0.340 e. The number of likely N-dealkylation sites (N-methyl/N-ethyl adjacent to an activating group) is 1. The van der Waals surface area contributed by atoms with Crippen LogP contribution in [-0.2, 0) is 19.1 Å². The third-order valence-electron chi connectivity index (χ3n) is 3.01. The van der Waals surface area contributed by atoms with Crippen molar-refractivity contribution in [3.8, 4) is 0 Å². The highest BCUT2D eigenvalue weighted by atomic mass is 16.5. The predicted molar refractivity (Wildman–Crippen MR) is 91.1 cm³/mol. The normalized spacial score (nSPS) is 9.96. The number of esters is 1. The second-order valence-corrected chi connectivity index (χ2v) is 4.89. The highest BCUT2D eigenvalue weighted by molar-refractivity contribution is 6.04. The maximum absolute atomic E-state index is 12.2. The Kier molecular flexibility index (Phi) is 7.64. The lowest BCUT2D eigenvalue weighted by Gasteiger charge is -2.21. The summed E-state index contributed by atoms with van der Waals surface area (Å²) in [6.07, 6.45) is 1.54.